The number of carbonyl (C=O) groups is 1. The largest absolute Gasteiger partial charge is 0.507 e. The highest BCUT2D eigenvalue weighted by Gasteiger charge is 2.48. The fourth-order valence-corrected chi connectivity index (χ4v) is 6.25. The Balaban J connectivity index is 1.57. The van der Waals surface area contributed by atoms with Gasteiger partial charge in [-0.1, -0.05) is 36.4 Å². The van der Waals surface area contributed by atoms with Crippen LogP contribution >= 0.6 is 11.8 Å². The minimum absolute atomic E-state index is 0.00294. The molecular weight excluding hydrogens is 462 g/mol. The van der Waals surface area contributed by atoms with E-state index in [0.29, 0.717) is 26.4 Å². The standard InChI is InChI=1S/C27H29N3O4S/c31-23-17-33-12-4-10-29-26(23)27(32)28-11-13-34-18-24(28)30(29)25-20-7-1-5-19(15-20)6-3-14-35-22-9-2-8-21(25)16-22/h1-2,4-5,7-10,15-16,24-25,31H,3,6,11-14,17-18H2/b10-4-,26-23+/t24-,25+/m1/s1. The van der Waals surface area contributed by atoms with Crippen molar-refractivity contribution in [3.05, 3.63) is 89.0 Å². The quantitative estimate of drug-likeness (QED) is 0.650. The second-order valence-corrected chi connectivity index (χ2v) is 10.3. The van der Waals surface area contributed by atoms with Crippen molar-refractivity contribution in [1.82, 2.24) is 14.9 Å². The number of hydrazine groups is 1. The number of carbonyl (C=O) groups excluding carboxylic acids is 1. The first-order valence-corrected chi connectivity index (χ1v) is 13.1. The number of nitrogens with zero attached hydrogens (tertiary/aromatic N) is 3. The van der Waals surface area contributed by atoms with E-state index in [2.05, 4.69) is 53.5 Å². The molecule has 4 aliphatic heterocycles. The number of ether oxygens (including phenoxy) is 2. The summed E-state index contributed by atoms with van der Waals surface area (Å²) in [7, 11) is 0. The molecule has 4 aliphatic rings. The molecule has 0 spiro atoms. The molecule has 4 bridgehead atoms. The molecule has 0 saturated carbocycles. The van der Waals surface area contributed by atoms with E-state index in [4.69, 9.17) is 9.47 Å². The molecule has 0 aromatic heterocycles. The van der Waals surface area contributed by atoms with Crippen molar-refractivity contribution in [3.8, 4) is 0 Å². The average molecular weight is 492 g/mol. The van der Waals surface area contributed by atoms with E-state index in [1.165, 1.54) is 10.5 Å². The van der Waals surface area contributed by atoms with Gasteiger partial charge in [0.15, 0.2) is 5.70 Å². The first-order valence-electron chi connectivity index (χ1n) is 12.1. The lowest BCUT2D eigenvalue weighted by atomic mass is 9.94. The lowest BCUT2D eigenvalue weighted by molar-refractivity contribution is -0.189. The summed E-state index contributed by atoms with van der Waals surface area (Å²) >= 11 is 1.88. The fraction of sp³-hybridized carbons (Fsp3) is 0.370. The molecule has 1 amide bonds. The minimum Gasteiger partial charge on any atom is -0.507 e. The van der Waals surface area contributed by atoms with Crippen molar-refractivity contribution in [2.24, 2.45) is 0 Å². The third kappa shape index (κ3) is 4.25. The van der Waals surface area contributed by atoms with Crippen molar-refractivity contribution in [2.45, 2.75) is 29.9 Å². The van der Waals surface area contributed by atoms with Crippen LogP contribution in [0.3, 0.4) is 0 Å². The molecule has 6 rings (SSSR count). The van der Waals surface area contributed by atoms with E-state index in [0.717, 1.165) is 29.7 Å². The normalized spacial score (nSPS) is 28.3. The molecule has 0 radical (unpaired) electrons. The van der Waals surface area contributed by atoms with Gasteiger partial charge in [-0.3, -0.25) is 9.80 Å². The van der Waals surface area contributed by atoms with Crippen LogP contribution in [-0.2, 0) is 20.7 Å². The number of aliphatic hydroxyl groups excluding tert-OH is 1. The van der Waals surface area contributed by atoms with Crippen LogP contribution in [0.25, 0.3) is 0 Å². The van der Waals surface area contributed by atoms with Gasteiger partial charge in [-0.05, 0) is 53.5 Å². The summed E-state index contributed by atoms with van der Waals surface area (Å²) in [6, 6.07) is 17.3. The molecule has 7 nitrogen and oxygen atoms in total. The molecule has 2 fully saturated rings. The third-order valence-electron chi connectivity index (χ3n) is 6.91. The first kappa shape index (κ1) is 22.7. The van der Waals surface area contributed by atoms with Gasteiger partial charge in [0, 0.05) is 17.6 Å². The number of hydrogen-bond donors (Lipinski definition) is 1. The second-order valence-electron chi connectivity index (χ2n) is 9.15. The molecule has 4 heterocycles. The predicted molar refractivity (Wildman–Crippen MR) is 133 cm³/mol. The van der Waals surface area contributed by atoms with Gasteiger partial charge >= 0.3 is 0 Å². The average Bonchev–Trinajstić information content (AvgIpc) is 2.88. The van der Waals surface area contributed by atoms with Crippen LogP contribution in [0.5, 0.6) is 0 Å². The summed E-state index contributed by atoms with van der Waals surface area (Å²) in [5, 5.41) is 15.0. The highest BCUT2D eigenvalue weighted by molar-refractivity contribution is 7.99. The summed E-state index contributed by atoms with van der Waals surface area (Å²) in [5.74, 6) is 0.817. The zero-order valence-corrected chi connectivity index (χ0v) is 20.3. The Morgan fingerprint density at radius 3 is 2.83 bits per heavy atom. The van der Waals surface area contributed by atoms with Gasteiger partial charge in [0.2, 0.25) is 0 Å². The van der Waals surface area contributed by atoms with E-state index in [9.17, 15) is 9.90 Å². The zero-order valence-electron chi connectivity index (χ0n) is 19.5. The van der Waals surface area contributed by atoms with Crippen LogP contribution in [0, 0.1) is 0 Å². The second kappa shape index (κ2) is 9.70. The topological polar surface area (TPSA) is 65.5 Å². The van der Waals surface area contributed by atoms with Crippen LogP contribution in [0.15, 0.2) is 77.2 Å². The first-order chi connectivity index (χ1) is 17.2. The van der Waals surface area contributed by atoms with Gasteiger partial charge in [0.05, 0.1) is 25.9 Å². The van der Waals surface area contributed by atoms with Crippen molar-refractivity contribution < 1.29 is 19.4 Å². The summed E-state index contributed by atoms with van der Waals surface area (Å²) in [6.07, 6.45) is 5.56. The van der Waals surface area contributed by atoms with E-state index < -0.39 is 0 Å². The fourth-order valence-electron chi connectivity index (χ4n) is 5.34. The minimum atomic E-state index is -0.312. The number of rotatable bonds is 1. The Bertz CT molecular complexity index is 1130. The van der Waals surface area contributed by atoms with Crippen molar-refractivity contribution >= 4 is 17.7 Å². The number of morpholine rings is 1. The van der Waals surface area contributed by atoms with Crippen molar-refractivity contribution in [3.63, 3.8) is 0 Å². The summed E-state index contributed by atoms with van der Waals surface area (Å²) in [6.45, 7) is 1.69. The van der Waals surface area contributed by atoms with E-state index in [-0.39, 0.29) is 36.2 Å². The highest BCUT2D eigenvalue weighted by Crippen LogP contribution is 2.41. The smallest absolute Gasteiger partial charge is 0.277 e. The van der Waals surface area contributed by atoms with Crippen LogP contribution in [0.2, 0.25) is 0 Å². The molecule has 2 aromatic carbocycles. The van der Waals surface area contributed by atoms with Crippen LogP contribution in [-0.4, -0.2) is 70.8 Å². The summed E-state index contributed by atoms with van der Waals surface area (Å²) < 4.78 is 11.4. The van der Waals surface area contributed by atoms with Gasteiger partial charge in [-0.25, -0.2) is 0 Å². The Morgan fingerprint density at radius 2 is 1.91 bits per heavy atom. The predicted octanol–water partition coefficient (Wildman–Crippen LogP) is 3.85. The number of amides is 1. The van der Waals surface area contributed by atoms with Crippen LogP contribution < -0.4 is 0 Å². The monoisotopic (exact) mass is 491 g/mol. The van der Waals surface area contributed by atoms with Crippen molar-refractivity contribution in [1.29, 1.82) is 0 Å². The molecule has 0 aliphatic carbocycles. The Hall–Kier alpha value is -2.78. The van der Waals surface area contributed by atoms with Gasteiger partial charge in [0.1, 0.15) is 18.5 Å². The Kier molecular flexibility index (Phi) is 6.28. The molecular formula is C27H29N3O4S. The molecule has 35 heavy (non-hydrogen) atoms. The van der Waals surface area contributed by atoms with E-state index >= 15 is 0 Å². The summed E-state index contributed by atoms with van der Waals surface area (Å²) in [4.78, 5) is 16.7. The Labute approximate surface area is 209 Å². The molecule has 182 valence electrons. The molecule has 0 unspecified atom stereocenters. The zero-order chi connectivity index (χ0) is 23.8. The third-order valence-corrected chi connectivity index (χ3v) is 7.99. The molecule has 1 N–H and O–H groups in total. The number of fused-ring (bicyclic) bond motifs is 6. The van der Waals surface area contributed by atoms with E-state index in [1.54, 1.807) is 0 Å². The molecule has 8 heteroatoms. The molecule has 2 saturated heterocycles. The number of aliphatic hydroxyl groups is 1. The lowest BCUT2D eigenvalue weighted by Gasteiger charge is -2.54. The summed E-state index contributed by atoms with van der Waals surface area (Å²) in [5.41, 5.74) is 3.84. The molecule has 2 atom stereocenters. The van der Waals surface area contributed by atoms with Crippen LogP contribution in [0.4, 0.5) is 0 Å². The van der Waals surface area contributed by atoms with E-state index in [1.807, 2.05) is 33.9 Å². The lowest BCUT2D eigenvalue weighted by Crippen LogP contribution is -2.67. The van der Waals surface area contributed by atoms with Gasteiger partial charge in [0.25, 0.3) is 5.91 Å². The number of aryl methyl sites for hydroxylation is 1. The SMILES string of the molecule is O=C1/C2=C(\O)COC/C=C\N2N([C@H]2c3cccc(c3)CCCSc3cccc2c3)[C@@H]2COCCN12. The number of benzene rings is 2. The maximum Gasteiger partial charge on any atom is 0.277 e. The maximum atomic E-state index is 13.6. The van der Waals surface area contributed by atoms with Gasteiger partial charge in [-0.15, -0.1) is 11.8 Å². The number of thioether (sulfide) groups is 1. The number of hydrogen-bond acceptors (Lipinski definition) is 7. The van der Waals surface area contributed by atoms with Crippen LogP contribution in [0.1, 0.15) is 29.2 Å². The Morgan fingerprint density at radius 1 is 1.06 bits per heavy atom. The maximum absolute atomic E-state index is 13.6. The van der Waals surface area contributed by atoms with Crippen molar-refractivity contribution in [2.75, 3.05) is 38.7 Å². The van der Waals surface area contributed by atoms with Gasteiger partial charge in [-0.2, -0.15) is 5.01 Å². The highest BCUT2D eigenvalue weighted by atomic mass is 32.2. The molecule has 2 aromatic rings. The van der Waals surface area contributed by atoms with Gasteiger partial charge < -0.3 is 19.5 Å².